The third-order valence-corrected chi connectivity index (χ3v) is 4.19. The standard InChI is InChI=1S/C21H28N4O4/c1-4-28-11-12-29-20-13-16(2)5-8-18(20)15-24-21(22-3)23-14-17-6-9-19(10-7-17)25(26)27/h5-10,13H,4,11-12,14-15H2,1-3H3,(H2,22,23,24). The van der Waals surface area contributed by atoms with Crippen LogP contribution in [-0.2, 0) is 17.8 Å². The number of rotatable bonds is 10. The topological polar surface area (TPSA) is 98.0 Å². The highest BCUT2D eigenvalue weighted by Gasteiger charge is 2.07. The van der Waals surface area contributed by atoms with Crippen LogP contribution in [-0.4, -0.2) is 37.8 Å². The molecule has 29 heavy (non-hydrogen) atoms. The maximum atomic E-state index is 10.7. The number of nitrogens with zero attached hydrogens (tertiary/aromatic N) is 2. The summed E-state index contributed by atoms with van der Waals surface area (Å²) in [6, 6.07) is 12.5. The average Bonchev–Trinajstić information content (AvgIpc) is 2.72. The Morgan fingerprint density at radius 2 is 1.83 bits per heavy atom. The van der Waals surface area contributed by atoms with E-state index in [1.54, 1.807) is 19.2 Å². The Labute approximate surface area is 171 Å². The summed E-state index contributed by atoms with van der Waals surface area (Å²) in [6.07, 6.45) is 0. The summed E-state index contributed by atoms with van der Waals surface area (Å²) in [5.74, 6) is 1.45. The van der Waals surface area contributed by atoms with Crippen molar-refractivity contribution < 1.29 is 14.4 Å². The fourth-order valence-corrected chi connectivity index (χ4v) is 2.62. The van der Waals surface area contributed by atoms with Gasteiger partial charge in [-0.2, -0.15) is 0 Å². The fraction of sp³-hybridized carbons (Fsp3) is 0.381. The van der Waals surface area contributed by atoms with Gasteiger partial charge in [-0.25, -0.2) is 0 Å². The summed E-state index contributed by atoms with van der Waals surface area (Å²) < 4.78 is 11.2. The molecule has 2 N–H and O–H groups in total. The van der Waals surface area contributed by atoms with E-state index in [0.29, 0.717) is 38.9 Å². The molecule has 8 heteroatoms. The van der Waals surface area contributed by atoms with Crippen molar-refractivity contribution in [3.05, 3.63) is 69.3 Å². The number of aryl methyl sites for hydroxylation is 1. The van der Waals surface area contributed by atoms with Crippen LogP contribution in [0.25, 0.3) is 0 Å². The number of guanidine groups is 1. The Balaban J connectivity index is 1.90. The first-order chi connectivity index (χ1) is 14.0. The van der Waals surface area contributed by atoms with Crippen molar-refractivity contribution in [1.29, 1.82) is 0 Å². The largest absolute Gasteiger partial charge is 0.491 e. The van der Waals surface area contributed by atoms with Gasteiger partial charge in [0.05, 0.1) is 11.5 Å². The van der Waals surface area contributed by atoms with Gasteiger partial charge in [0.1, 0.15) is 12.4 Å². The molecule has 0 unspecified atom stereocenters. The van der Waals surface area contributed by atoms with Crippen molar-refractivity contribution in [3.63, 3.8) is 0 Å². The van der Waals surface area contributed by atoms with Crippen LogP contribution in [0.2, 0.25) is 0 Å². The van der Waals surface area contributed by atoms with Crippen LogP contribution in [0.3, 0.4) is 0 Å². The Morgan fingerprint density at radius 1 is 1.10 bits per heavy atom. The second-order valence-corrected chi connectivity index (χ2v) is 6.36. The number of hydrogen-bond donors (Lipinski definition) is 2. The summed E-state index contributed by atoms with van der Waals surface area (Å²) in [6.45, 7) is 6.75. The predicted molar refractivity (Wildman–Crippen MR) is 113 cm³/mol. The minimum absolute atomic E-state index is 0.0764. The molecule has 0 fully saturated rings. The monoisotopic (exact) mass is 400 g/mol. The minimum Gasteiger partial charge on any atom is -0.491 e. The lowest BCUT2D eigenvalue weighted by molar-refractivity contribution is -0.384. The lowest BCUT2D eigenvalue weighted by atomic mass is 10.1. The van der Waals surface area contributed by atoms with E-state index in [0.717, 1.165) is 22.4 Å². The summed E-state index contributed by atoms with van der Waals surface area (Å²) >= 11 is 0. The van der Waals surface area contributed by atoms with E-state index in [9.17, 15) is 10.1 Å². The fourth-order valence-electron chi connectivity index (χ4n) is 2.62. The van der Waals surface area contributed by atoms with E-state index in [-0.39, 0.29) is 5.69 Å². The van der Waals surface area contributed by atoms with Gasteiger partial charge in [-0.1, -0.05) is 24.3 Å². The van der Waals surface area contributed by atoms with Crippen LogP contribution in [0.5, 0.6) is 5.75 Å². The van der Waals surface area contributed by atoms with Gasteiger partial charge in [0, 0.05) is 44.4 Å². The molecule has 2 aromatic rings. The van der Waals surface area contributed by atoms with E-state index in [1.807, 2.05) is 32.0 Å². The highest BCUT2D eigenvalue weighted by Crippen LogP contribution is 2.20. The zero-order valence-corrected chi connectivity index (χ0v) is 17.1. The smallest absolute Gasteiger partial charge is 0.269 e. The normalized spacial score (nSPS) is 11.2. The molecular formula is C21H28N4O4. The van der Waals surface area contributed by atoms with Crippen LogP contribution >= 0.6 is 0 Å². The number of non-ortho nitro benzene ring substituents is 1. The molecule has 0 atom stereocenters. The molecule has 0 saturated heterocycles. The first-order valence-electron chi connectivity index (χ1n) is 9.51. The average molecular weight is 400 g/mol. The first-order valence-corrected chi connectivity index (χ1v) is 9.51. The molecule has 0 aliphatic rings. The van der Waals surface area contributed by atoms with Crippen molar-refractivity contribution >= 4 is 11.6 Å². The van der Waals surface area contributed by atoms with E-state index in [1.165, 1.54) is 12.1 Å². The number of benzene rings is 2. The number of nitrogens with one attached hydrogen (secondary N) is 2. The Morgan fingerprint density at radius 3 is 2.48 bits per heavy atom. The van der Waals surface area contributed by atoms with Crippen LogP contribution in [0.15, 0.2) is 47.5 Å². The van der Waals surface area contributed by atoms with Crippen molar-refractivity contribution in [2.24, 2.45) is 4.99 Å². The van der Waals surface area contributed by atoms with Crippen molar-refractivity contribution in [2.75, 3.05) is 26.9 Å². The summed E-state index contributed by atoms with van der Waals surface area (Å²) in [5, 5.41) is 17.2. The predicted octanol–water partition coefficient (Wildman–Crippen LogP) is 3.18. The molecule has 0 bridgehead atoms. The molecule has 8 nitrogen and oxygen atoms in total. The molecule has 0 aliphatic heterocycles. The molecule has 0 radical (unpaired) electrons. The van der Waals surface area contributed by atoms with Crippen molar-refractivity contribution in [1.82, 2.24) is 10.6 Å². The molecule has 2 aromatic carbocycles. The second kappa shape index (κ2) is 11.7. The van der Waals surface area contributed by atoms with Gasteiger partial charge in [-0.3, -0.25) is 15.1 Å². The van der Waals surface area contributed by atoms with Gasteiger partial charge in [0.25, 0.3) is 5.69 Å². The Hall–Kier alpha value is -3.13. The van der Waals surface area contributed by atoms with Crippen molar-refractivity contribution in [2.45, 2.75) is 26.9 Å². The molecule has 0 aliphatic carbocycles. The molecular weight excluding hydrogens is 372 g/mol. The number of nitro benzene ring substituents is 1. The molecule has 0 saturated carbocycles. The molecule has 0 amide bonds. The van der Waals surface area contributed by atoms with E-state index in [2.05, 4.69) is 15.6 Å². The van der Waals surface area contributed by atoms with Gasteiger partial charge in [0.2, 0.25) is 0 Å². The highest BCUT2D eigenvalue weighted by molar-refractivity contribution is 5.79. The number of nitro groups is 1. The quantitative estimate of drug-likeness (QED) is 0.209. The maximum absolute atomic E-state index is 10.7. The van der Waals surface area contributed by atoms with E-state index in [4.69, 9.17) is 9.47 Å². The van der Waals surface area contributed by atoms with E-state index >= 15 is 0 Å². The highest BCUT2D eigenvalue weighted by atomic mass is 16.6. The molecule has 0 aromatic heterocycles. The Bertz CT molecular complexity index is 822. The zero-order valence-electron chi connectivity index (χ0n) is 17.1. The van der Waals surface area contributed by atoms with Gasteiger partial charge in [-0.15, -0.1) is 0 Å². The zero-order chi connectivity index (χ0) is 21.1. The lowest BCUT2D eigenvalue weighted by Gasteiger charge is -2.15. The minimum atomic E-state index is -0.409. The molecule has 156 valence electrons. The lowest BCUT2D eigenvalue weighted by Crippen LogP contribution is -2.36. The summed E-state index contributed by atoms with van der Waals surface area (Å²) in [4.78, 5) is 14.5. The van der Waals surface area contributed by atoms with Crippen LogP contribution in [0.1, 0.15) is 23.6 Å². The van der Waals surface area contributed by atoms with Crippen LogP contribution in [0, 0.1) is 17.0 Å². The molecule has 2 rings (SSSR count). The molecule has 0 heterocycles. The summed E-state index contributed by atoms with van der Waals surface area (Å²) in [7, 11) is 1.69. The number of hydrogen-bond acceptors (Lipinski definition) is 5. The van der Waals surface area contributed by atoms with Gasteiger partial charge < -0.3 is 20.1 Å². The second-order valence-electron chi connectivity index (χ2n) is 6.36. The van der Waals surface area contributed by atoms with Crippen LogP contribution < -0.4 is 15.4 Å². The first kappa shape index (κ1) is 22.2. The molecule has 0 spiro atoms. The van der Waals surface area contributed by atoms with Gasteiger partial charge in [-0.05, 0) is 31.0 Å². The third kappa shape index (κ3) is 7.42. The summed E-state index contributed by atoms with van der Waals surface area (Å²) in [5.41, 5.74) is 3.15. The number of ether oxygens (including phenoxy) is 2. The van der Waals surface area contributed by atoms with Gasteiger partial charge >= 0.3 is 0 Å². The SMILES string of the molecule is CCOCCOc1cc(C)ccc1CNC(=NC)NCc1ccc([N+](=O)[O-])cc1. The van der Waals surface area contributed by atoms with Gasteiger partial charge in [0.15, 0.2) is 5.96 Å². The maximum Gasteiger partial charge on any atom is 0.269 e. The van der Waals surface area contributed by atoms with E-state index < -0.39 is 4.92 Å². The Kier molecular flexibility index (Phi) is 8.91. The third-order valence-electron chi connectivity index (χ3n) is 4.19. The van der Waals surface area contributed by atoms with Crippen molar-refractivity contribution in [3.8, 4) is 5.75 Å². The van der Waals surface area contributed by atoms with Crippen LogP contribution in [0.4, 0.5) is 5.69 Å². The number of aliphatic imine (C=N–C) groups is 1.